The molecular weight excluding hydrogens is 841 g/mol. The lowest BCUT2D eigenvalue weighted by Crippen LogP contribution is -2.63. The molecule has 0 radical (unpaired) electrons. The van der Waals surface area contributed by atoms with E-state index in [2.05, 4.69) is 135 Å². The highest BCUT2D eigenvalue weighted by molar-refractivity contribution is 6.70. The molecule has 6 aliphatic rings. The summed E-state index contributed by atoms with van der Waals surface area (Å²) < 4.78 is 29.3. The van der Waals surface area contributed by atoms with E-state index in [4.69, 9.17) is 18.3 Å². The van der Waals surface area contributed by atoms with Gasteiger partial charge in [0.1, 0.15) is 12.6 Å². The molecule has 3 heterocycles. The lowest BCUT2D eigenvalue weighted by atomic mass is 9.40. The average molecular weight is 915 g/mol. The molecule has 5 unspecified atom stereocenters. The van der Waals surface area contributed by atoms with Crippen LogP contribution in [-0.2, 0) is 36.8 Å². The first-order valence-corrected chi connectivity index (χ1v) is 31.1. The fraction of sp³-hybridized carbons (Fsp3) is 0.564. The minimum atomic E-state index is -2.11. The van der Waals surface area contributed by atoms with Crippen molar-refractivity contribution in [3.63, 3.8) is 0 Å². The van der Waals surface area contributed by atoms with Gasteiger partial charge in [-0.2, -0.15) is 0 Å². The first-order chi connectivity index (χ1) is 30.2. The van der Waals surface area contributed by atoms with Crippen LogP contribution in [-0.4, -0.2) is 50.4 Å². The predicted molar refractivity (Wildman–Crippen MR) is 267 cm³/mol. The number of nitrogens with zero attached hydrogens (tertiary/aromatic N) is 1. The molecule has 9 rings (SSSR count). The number of benzene rings is 2. The molecule has 9 atom stereocenters. The van der Waals surface area contributed by atoms with Crippen LogP contribution in [0.3, 0.4) is 0 Å². The van der Waals surface area contributed by atoms with Crippen molar-refractivity contribution in [2.75, 3.05) is 0 Å². The molecule has 348 valence electrons. The lowest BCUT2D eigenvalue weighted by molar-refractivity contribution is -0.140. The number of aromatic nitrogens is 1. The number of carbonyl (C=O) groups is 2. The molecule has 2 aromatic carbocycles. The van der Waals surface area contributed by atoms with Gasteiger partial charge >= 0.3 is 6.09 Å². The second-order valence-corrected chi connectivity index (χ2v) is 33.1. The summed E-state index contributed by atoms with van der Waals surface area (Å²) in [6, 6.07) is 11.7. The zero-order valence-corrected chi connectivity index (χ0v) is 43.7. The maximum Gasteiger partial charge on any atom is 0.411 e. The third-order valence-electron chi connectivity index (χ3n) is 16.6. The van der Waals surface area contributed by atoms with Crippen LogP contribution in [0.1, 0.15) is 132 Å². The zero-order valence-electron chi connectivity index (χ0n) is 41.7. The molecule has 0 spiro atoms. The van der Waals surface area contributed by atoms with E-state index in [-0.39, 0.29) is 46.8 Å². The van der Waals surface area contributed by atoms with Gasteiger partial charge in [0, 0.05) is 39.6 Å². The fourth-order valence-electron chi connectivity index (χ4n) is 14.4. The second kappa shape index (κ2) is 15.4. The number of allylic oxidation sites excluding steroid dienone is 3. The summed E-state index contributed by atoms with van der Waals surface area (Å²) >= 11 is 0. The SMILES string of the molecule is C=C(C)[C@H]1C(=O)c2c3c(cc4c5c(n1c24)[C@@]1(C)C(CCC2[C@](C)(/C=C/C=C/NC(=O)OCc4ccccc4)C(O[Si](C)(C)C)CC[C@@]21C)C5)C1=CC(C)(C)OC(C)(C)C1C3O[Si](C)(C)C. The summed E-state index contributed by atoms with van der Waals surface area (Å²) in [7, 11) is -4.05. The van der Waals surface area contributed by atoms with Crippen LogP contribution in [0.15, 0.2) is 79.1 Å². The van der Waals surface area contributed by atoms with E-state index in [0.717, 1.165) is 59.9 Å². The molecular formula is C55H74N2O6Si2. The predicted octanol–water partition coefficient (Wildman–Crippen LogP) is 13.3. The van der Waals surface area contributed by atoms with Crippen molar-refractivity contribution < 1.29 is 27.9 Å². The van der Waals surface area contributed by atoms with Gasteiger partial charge in [0.05, 0.1) is 34.5 Å². The number of fused-ring (bicyclic) bond motifs is 11. The number of rotatable bonds is 10. The molecule has 0 saturated heterocycles. The van der Waals surface area contributed by atoms with Gasteiger partial charge in [-0.15, -0.1) is 0 Å². The van der Waals surface area contributed by atoms with Crippen molar-refractivity contribution in [2.24, 2.45) is 28.6 Å². The number of amides is 1. The van der Waals surface area contributed by atoms with Crippen molar-refractivity contribution in [1.82, 2.24) is 9.88 Å². The Balaban J connectivity index is 1.15. The Morgan fingerprint density at radius 1 is 0.954 bits per heavy atom. The quantitative estimate of drug-likeness (QED) is 0.124. The zero-order chi connectivity index (χ0) is 47.0. The Labute approximate surface area is 390 Å². The highest BCUT2D eigenvalue weighted by Crippen LogP contribution is 2.72. The molecule has 65 heavy (non-hydrogen) atoms. The van der Waals surface area contributed by atoms with E-state index < -0.39 is 40.0 Å². The normalized spacial score (nSPS) is 33.1. The summed E-state index contributed by atoms with van der Waals surface area (Å²) in [5, 5.41) is 4.04. The number of hydrogen-bond donors (Lipinski definition) is 1. The first kappa shape index (κ1) is 46.3. The number of nitrogens with one attached hydrogen (secondary N) is 1. The van der Waals surface area contributed by atoms with Crippen molar-refractivity contribution in [1.29, 1.82) is 0 Å². The van der Waals surface area contributed by atoms with Crippen molar-refractivity contribution in [3.8, 4) is 0 Å². The van der Waals surface area contributed by atoms with Crippen LogP contribution >= 0.6 is 0 Å². The first-order valence-electron chi connectivity index (χ1n) is 24.3. The largest absolute Gasteiger partial charge is 0.444 e. The fourth-order valence-corrected chi connectivity index (χ4v) is 16.6. The molecule has 1 amide bonds. The lowest BCUT2D eigenvalue weighted by Gasteiger charge is -2.65. The molecule has 8 nitrogen and oxygen atoms in total. The smallest absolute Gasteiger partial charge is 0.411 e. The van der Waals surface area contributed by atoms with Gasteiger partial charge in [-0.3, -0.25) is 10.1 Å². The second-order valence-electron chi connectivity index (χ2n) is 24.2. The van der Waals surface area contributed by atoms with Crippen LogP contribution in [0.4, 0.5) is 4.79 Å². The Hall–Kier alpha value is -3.81. The number of ketones is 1. The van der Waals surface area contributed by atoms with Gasteiger partial charge in [-0.1, -0.05) is 75.4 Å². The molecule has 0 bridgehead atoms. The number of hydrogen-bond acceptors (Lipinski definition) is 6. The van der Waals surface area contributed by atoms with E-state index in [1.165, 1.54) is 27.8 Å². The van der Waals surface area contributed by atoms with Gasteiger partial charge in [0.2, 0.25) is 0 Å². The Morgan fingerprint density at radius 2 is 1.65 bits per heavy atom. The summed E-state index contributed by atoms with van der Waals surface area (Å²) in [5.74, 6) is 0.863. The monoisotopic (exact) mass is 915 g/mol. The third kappa shape index (κ3) is 7.29. The molecule has 1 N–H and O–H groups in total. The maximum atomic E-state index is 15.5. The highest BCUT2D eigenvalue weighted by atomic mass is 28.4. The molecule has 2 saturated carbocycles. The molecule has 1 aromatic heterocycles. The summed E-state index contributed by atoms with van der Waals surface area (Å²) in [5.41, 5.74) is 8.48. The molecule has 3 aromatic rings. The van der Waals surface area contributed by atoms with Gasteiger partial charge in [0.25, 0.3) is 0 Å². The number of Topliss-reactive ketones (excluding diaryl/α,β-unsaturated/α-hetero) is 1. The molecule has 2 fully saturated rings. The van der Waals surface area contributed by atoms with Crippen LogP contribution in [0.5, 0.6) is 0 Å². The standard InChI is InChI=1S/C55H74N2O6Si2/c1-33(2)45-47(58)43-42-36(39-31-51(3,4)63-52(5,6)44(39)48(42)62-65(13,14)15)30-37-38-29-35-23-24-40-53(7,26-19-20-28-56-50(59)60-32-34-21-17-16-18-22-34)41(61-64(10,11)12)25-27-54(40,8)55(35,9)49(38)57(45)46(37)43/h16-22,26,28,30-31,35,40-41,44-45,48H,1,23-25,27,29,32H2,2-15H3,(H,56,59)/b26-19+,28-20+/t35?,40?,41?,44?,45-,48?,53-,54-,55+/m0/s1. The summed E-state index contributed by atoms with van der Waals surface area (Å²) in [4.78, 5) is 28.1. The van der Waals surface area contributed by atoms with Crippen LogP contribution in [0.2, 0.25) is 39.3 Å². The minimum absolute atomic E-state index is 0.0312. The van der Waals surface area contributed by atoms with Gasteiger partial charge in [-0.05, 0) is 164 Å². The van der Waals surface area contributed by atoms with Crippen molar-refractivity contribution >= 4 is 45.0 Å². The number of carbonyl (C=O) groups excluding carboxylic acids is 2. The number of ether oxygens (including phenoxy) is 2. The highest BCUT2D eigenvalue weighted by Gasteiger charge is 2.68. The summed E-state index contributed by atoms with van der Waals surface area (Å²) in [6.45, 7) is 36.8. The van der Waals surface area contributed by atoms with E-state index >= 15 is 4.79 Å². The molecule has 2 aliphatic heterocycles. The van der Waals surface area contributed by atoms with E-state index in [1.54, 1.807) is 6.20 Å². The Morgan fingerprint density at radius 3 is 2.31 bits per heavy atom. The van der Waals surface area contributed by atoms with E-state index in [0.29, 0.717) is 11.8 Å². The van der Waals surface area contributed by atoms with Gasteiger partial charge < -0.3 is 22.9 Å². The third-order valence-corrected chi connectivity index (χ3v) is 18.6. The maximum absolute atomic E-state index is 15.5. The Kier molecular flexibility index (Phi) is 10.9. The van der Waals surface area contributed by atoms with Gasteiger partial charge in [-0.25, -0.2) is 4.79 Å². The Bertz CT molecular complexity index is 2570. The van der Waals surface area contributed by atoms with Crippen molar-refractivity contribution in [3.05, 3.63) is 113 Å². The molecule has 10 heteroatoms. The van der Waals surface area contributed by atoms with Crippen LogP contribution in [0, 0.1) is 28.6 Å². The van der Waals surface area contributed by atoms with Crippen LogP contribution < -0.4 is 5.32 Å². The van der Waals surface area contributed by atoms with Gasteiger partial charge in [0.15, 0.2) is 22.4 Å². The van der Waals surface area contributed by atoms with E-state index in [1.807, 2.05) is 36.4 Å². The van der Waals surface area contributed by atoms with Crippen molar-refractivity contribution in [2.45, 2.75) is 168 Å². The van der Waals surface area contributed by atoms with Crippen LogP contribution in [0.25, 0.3) is 16.5 Å². The topological polar surface area (TPSA) is 88.0 Å². The van der Waals surface area contributed by atoms with E-state index in [9.17, 15) is 4.79 Å². The summed E-state index contributed by atoms with van der Waals surface area (Å²) in [6.07, 6.45) is 14.9. The average Bonchev–Trinajstić information content (AvgIpc) is 3.87. The number of alkyl carbamates (subject to hydrolysis) is 1. The minimum Gasteiger partial charge on any atom is -0.444 e. The molecule has 4 aliphatic carbocycles.